The lowest BCUT2D eigenvalue weighted by atomic mass is 10.0. The number of carbonyl (C=O) groups excluding carboxylic acids is 1. The maximum Gasteiger partial charge on any atom is 0.246 e. The van der Waals surface area contributed by atoms with Crippen LogP contribution in [0.3, 0.4) is 0 Å². The van der Waals surface area contributed by atoms with Crippen LogP contribution >= 0.6 is 15.9 Å². The topological polar surface area (TPSA) is 32.3 Å². The smallest absolute Gasteiger partial charge is 0.246 e. The van der Waals surface area contributed by atoms with Crippen LogP contribution in [0.4, 0.5) is 10.1 Å². The monoisotopic (exact) mass is 376 g/mol. The number of amides is 1. The molecule has 1 unspecified atom stereocenters. The molecule has 2 aromatic rings. The Hall–Kier alpha value is -1.72. The van der Waals surface area contributed by atoms with Crippen LogP contribution in [-0.2, 0) is 4.79 Å². The van der Waals surface area contributed by atoms with Crippen LogP contribution < -0.4 is 5.32 Å². The average molecular weight is 377 g/mol. The standard InChI is InChI=1S/C18H18BrFN2O/c19-14-8-9-16(15(20)12-14)21-18(23)17(22-10-4-5-11-22)13-6-2-1-3-7-13/h1-3,6-9,12,17H,4-5,10-11H2,(H,21,23). The molecule has 0 radical (unpaired) electrons. The van der Waals surface area contributed by atoms with Crippen LogP contribution in [0.25, 0.3) is 0 Å². The zero-order valence-electron chi connectivity index (χ0n) is 12.6. The number of benzene rings is 2. The van der Waals surface area contributed by atoms with Gasteiger partial charge in [-0.05, 0) is 49.7 Å². The fourth-order valence-corrected chi connectivity index (χ4v) is 3.29. The first-order valence-electron chi connectivity index (χ1n) is 7.70. The normalized spacial score (nSPS) is 16.3. The maximum atomic E-state index is 14.0. The first kappa shape index (κ1) is 16.1. The van der Waals surface area contributed by atoms with E-state index in [1.54, 1.807) is 12.1 Å². The van der Waals surface area contributed by atoms with Crippen LogP contribution in [-0.4, -0.2) is 23.9 Å². The van der Waals surface area contributed by atoms with E-state index >= 15 is 0 Å². The summed E-state index contributed by atoms with van der Waals surface area (Å²) < 4.78 is 14.6. The van der Waals surface area contributed by atoms with E-state index in [1.165, 1.54) is 6.07 Å². The van der Waals surface area contributed by atoms with Gasteiger partial charge in [0.25, 0.3) is 0 Å². The highest BCUT2D eigenvalue weighted by Crippen LogP contribution is 2.27. The molecule has 3 rings (SSSR count). The van der Waals surface area contributed by atoms with Gasteiger partial charge in [0.05, 0.1) is 5.69 Å². The molecule has 0 aromatic heterocycles. The number of likely N-dealkylation sites (tertiary alicyclic amines) is 1. The van der Waals surface area contributed by atoms with E-state index in [-0.39, 0.29) is 17.6 Å². The number of carbonyl (C=O) groups is 1. The fourth-order valence-electron chi connectivity index (χ4n) is 2.96. The van der Waals surface area contributed by atoms with E-state index in [1.807, 2.05) is 30.3 Å². The number of nitrogens with zero attached hydrogens (tertiary/aromatic N) is 1. The van der Waals surface area contributed by atoms with E-state index < -0.39 is 5.82 Å². The van der Waals surface area contributed by atoms with Gasteiger partial charge in [0.1, 0.15) is 11.9 Å². The molecule has 0 saturated carbocycles. The van der Waals surface area contributed by atoms with Crippen molar-refractivity contribution in [3.63, 3.8) is 0 Å². The molecule has 0 bridgehead atoms. The second-order valence-electron chi connectivity index (χ2n) is 5.67. The van der Waals surface area contributed by atoms with Crippen LogP contribution in [0.1, 0.15) is 24.4 Å². The van der Waals surface area contributed by atoms with Crippen molar-refractivity contribution >= 4 is 27.5 Å². The van der Waals surface area contributed by atoms with E-state index in [2.05, 4.69) is 26.1 Å². The summed E-state index contributed by atoms with van der Waals surface area (Å²) in [5, 5.41) is 2.74. The van der Waals surface area contributed by atoms with Gasteiger partial charge < -0.3 is 5.32 Å². The van der Waals surface area contributed by atoms with Crippen molar-refractivity contribution in [1.82, 2.24) is 4.90 Å². The van der Waals surface area contributed by atoms with Gasteiger partial charge >= 0.3 is 0 Å². The number of hydrogen-bond donors (Lipinski definition) is 1. The third-order valence-electron chi connectivity index (χ3n) is 4.06. The van der Waals surface area contributed by atoms with E-state index in [9.17, 15) is 9.18 Å². The molecule has 120 valence electrons. The Kier molecular flexibility index (Phi) is 5.08. The Morgan fingerprint density at radius 3 is 2.48 bits per heavy atom. The summed E-state index contributed by atoms with van der Waals surface area (Å²) in [5.41, 5.74) is 1.14. The summed E-state index contributed by atoms with van der Waals surface area (Å²) in [7, 11) is 0. The number of rotatable bonds is 4. The lowest BCUT2D eigenvalue weighted by Crippen LogP contribution is -2.35. The average Bonchev–Trinajstić information content (AvgIpc) is 3.05. The predicted molar refractivity (Wildman–Crippen MR) is 92.7 cm³/mol. The van der Waals surface area contributed by atoms with Crippen molar-refractivity contribution in [1.29, 1.82) is 0 Å². The van der Waals surface area contributed by atoms with Gasteiger partial charge in [-0.2, -0.15) is 0 Å². The zero-order chi connectivity index (χ0) is 16.2. The van der Waals surface area contributed by atoms with Crippen molar-refractivity contribution in [3.05, 3.63) is 64.4 Å². The molecule has 5 heteroatoms. The van der Waals surface area contributed by atoms with Gasteiger partial charge in [-0.25, -0.2) is 4.39 Å². The molecule has 0 spiro atoms. The highest BCUT2D eigenvalue weighted by atomic mass is 79.9. The Morgan fingerprint density at radius 2 is 1.83 bits per heavy atom. The van der Waals surface area contributed by atoms with Gasteiger partial charge in [-0.15, -0.1) is 0 Å². The third kappa shape index (κ3) is 3.79. The quantitative estimate of drug-likeness (QED) is 0.859. The van der Waals surface area contributed by atoms with Gasteiger partial charge in [0, 0.05) is 4.47 Å². The Labute approximate surface area is 143 Å². The summed E-state index contributed by atoms with van der Waals surface area (Å²) in [6.07, 6.45) is 2.17. The van der Waals surface area contributed by atoms with Crippen LogP contribution in [0.2, 0.25) is 0 Å². The maximum absolute atomic E-state index is 14.0. The summed E-state index contributed by atoms with van der Waals surface area (Å²) in [4.78, 5) is 15.0. The van der Waals surface area contributed by atoms with E-state index in [4.69, 9.17) is 0 Å². The van der Waals surface area contributed by atoms with Crippen molar-refractivity contribution < 1.29 is 9.18 Å². The molecule has 1 N–H and O–H groups in total. The molecule has 1 fully saturated rings. The van der Waals surface area contributed by atoms with Crippen molar-refractivity contribution in [2.24, 2.45) is 0 Å². The van der Waals surface area contributed by atoms with Gasteiger partial charge in [-0.3, -0.25) is 9.69 Å². The molecule has 23 heavy (non-hydrogen) atoms. The van der Waals surface area contributed by atoms with Crippen molar-refractivity contribution in [2.75, 3.05) is 18.4 Å². The molecular formula is C18H18BrFN2O. The molecule has 0 aliphatic carbocycles. The van der Waals surface area contributed by atoms with Gasteiger partial charge in [-0.1, -0.05) is 46.3 Å². The van der Waals surface area contributed by atoms with Crippen LogP contribution in [0.5, 0.6) is 0 Å². The lowest BCUT2D eigenvalue weighted by Gasteiger charge is -2.27. The minimum absolute atomic E-state index is 0.195. The van der Waals surface area contributed by atoms with Crippen molar-refractivity contribution in [3.8, 4) is 0 Å². The van der Waals surface area contributed by atoms with Gasteiger partial charge in [0.2, 0.25) is 5.91 Å². The minimum atomic E-state index is -0.444. The Balaban J connectivity index is 1.85. The predicted octanol–water partition coefficient (Wildman–Crippen LogP) is 4.36. The molecule has 1 aliphatic rings. The summed E-state index contributed by atoms with van der Waals surface area (Å²) in [6, 6.07) is 13.9. The summed E-state index contributed by atoms with van der Waals surface area (Å²) in [5.74, 6) is -0.639. The second-order valence-corrected chi connectivity index (χ2v) is 6.59. The molecule has 1 atom stereocenters. The molecule has 1 aliphatic heterocycles. The highest BCUT2D eigenvalue weighted by Gasteiger charge is 2.30. The molecule has 1 amide bonds. The molecule has 1 saturated heterocycles. The molecule has 2 aromatic carbocycles. The van der Waals surface area contributed by atoms with Crippen LogP contribution in [0.15, 0.2) is 53.0 Å². The molecular weight excluding hydrogens is 359 g/mol. The lowest BCUT2D eigenvalue weighted by molar-refractivity contribution is -0.121. The number of hydrogen-bond acceptors (Lipinski definition) is 2. The summed E-state index contributed by atoms with van der Waals surface area (Å²) in [6.45, 7) is 1.77. The minimum Gasteiger partial charge on any atom is -0.322 e. The highest BCUT2D eigenvalue weighted by molar-refractivity contribution is 9.10. The van der Waals surface area contributed by atoms with Crippen molar-refractivity contribution in [2.45, 2.75) is 18.9 Å². The first-order chi connectivity index (χ1) is 11.1. The zero-order valence-corrected chi connectivity index (χ0v) is 14.2. The van der Waals surface area contributed by atoms with E-state index in [0.29, 0.717) is 4.47 Å². The Bertz CT molecular complexity index is 687. The SMILES string of the molecule is O=C(Nc1ccc(Br)cc1F)C(c1ccccc1)N1CCCC1. The Morgan fingerprint density at radius 1 is 1.13 bits per heavy atom. The van der Waals surface area contributed by atoms with Crippen LogP contribution in [0, 0.1) is 5.82 Å². The first-order valence-corrected chi connectivity index (χ1v) is 8.49. The number of anilines is 1. The third-order valence-corrected chi connectivity index (χ3v) is 4.55. The van der Waals surface area contributed by atoms with E-state index in [0.717, 1.165) is 31.5 Å². The van der Waals surface area contributed by atoms with Gasteiger partial charge in [0.15, 0.2) is 0 Å². The number of nitrogens with one attached hydrogen (secondary N) is 1. The largest absolute Gasteiger partial charge is 0.322 e. The number of halogens is 2. The fraction of sp³-hybridized carbons (Fsp3) is 0.278. The second kappa shape index (κ2) is 7.23. The summed E-state index contributed by atoms with van der Waals surface area (Å²) >= 11 is 3.22. The molecule has 1 heterocycles. The molecule has 3 nitrogen and oxygen atoms in total.